The number of carboxylic acid groups (broad SMARTS) is 4. The van der Waals surface area contributed by atoms with Gasteiger partial charge in [-0.05, 0) is 75.7 Å². The molecule has 0 rings (SSSR count). The number of carbonyl (C=O) groups excluding carboxylic acids is 4. The number of carboxylic acids is 4. The van der Waals surface area contributed by atoms with Crippen LogP contribution in [0, 0.1) is 0 Å². The van der Waals surface area contributed by atoms with Gasteiger partial charge in [0.1, 0.15) is 0 Å². The maximum Gasteiger partial charge on any atom is 0.0639 e. The van der Waals surface area contributed by atoms with Crippen molar-refractivity contribution in [1.29, 1.82) is 0 Å². The molecule has 0 spiro atoms. The van der Waals surface area contributed by atoms with Gasteiger partial charge >= 0.3 is 0 Å². The molecule has 0 aliphatic heterocycles. The molecule has 8 nitrogen and oxygen atoms in total. The average molecular weight is 1090 g/mol. The third-order valence-corrected chi connectivity index (χ3v) is 10.9. The number of hydrogen-bond acceptors (Lipinski definition) is 8. The van der Waals surface area contributed by atoms with E-state index in [2.05, 4.69) is 27.7 Å². The number of rotatable bonds is 44. The smallest absolute Gasteiger partial charge is 0.0639 e. The van der Waals surface area contributed by atoms with Crippen LogP contribution in [0.25, 0.3) is 0 Å². The number of aliphatic carboxylic acids is 4. The van der Waals surface area contributed by atoms with Crippen LogP contribution in [0.1, 0.15) is 285 Å². The minimum Gasteiger partial charge on any atom is -0.545 e. The zero-order chi connectivity index (χ0) is 48.3. The van der Waals surface area contributed by atoms with Crippen LogP contribution in [0.2, 0.25) is 0 Å². The van der Waals surface area contributed by atoms with Crippen molar-refractivity contribution >= 4 is 23.9 Å². The van der Waals surface area contributed by atoms with Crippen molar-refractivity contribution < 1.29 is 60.7 Å². The van der Waals surface area contributed by atoms with E-state index in [1.165, 1.54) is 205 Å². The zero-order valence-electron chi connectivity index (χ0n) is 42.6. The minimum absolute atomic E-state index is 0. The minimum atomic E-state index is -1.09. The Morgan fingerprint density at radius 1 is 0.246 bits per heavy atom. The molecule has 0 amide bonds. The standard InChI is InChI=1S/4C14H26O2.W/c4*1-2-3-4-5-6-7-8-9-10-11-12-13-14(15)16;/h4*12-13H,2-11H2,1H3,(H,15,16);/p-4. The molecule has 9 heteroatoms. The van der Waals surface area contributed by atoms with Crippen molar-refractivity contribution in [2.75, 3.05) is 0 Å². The summed E-state index contributed by atoms with van der Waals surface area (Å²) in [4.78, 5) is 40.2. The van der Waals surface area contributed by atoms with Crippen LogP contribution in [-0.2, 0) is 40.2 Å². The first-order chi connectivity index (χ1) is 31.1. The summed E-state index contributed by atoms with van der Waals surface area (Å²) in [6.45, 7) is 8.95. The summed E-state index contributed by atoms with van der Waals surface area (Å²) in [5, 5.41) is 40.2. The Kier molecular flexibility index (Phi) is 75.0. The van der Waals surface area contributed by atoms with Gasteiger partial charge in [-0.15, -0.1) is 0 Å². The third kappa shape index (κ3) is 88.9. The first-order valence-corrected chi connectivity index (χ1v) is 26.6. The Morgan fingerprint density at radius 3 is 0.492 bits per heavy atom. The molecule has 0 aromatic carbocycles. The monoisotopic (exact) mass is 1080 g/mol. The molecule has 0 aromatic heterocycles. The van der Waals surface area contributed by atoms with Crippen LogP contribution < -0.4 is 20.4 Å². The summed E-state index contributed by atoms with van der Waals surface area (Å²) in [6, 6.07) is 0. The van der Waals surface area contributed by atoms with Crippen molar-refractivity contribution in [3.05, 3.63) is 48.6 Å². The second-order valence-corrected chi connectivity index (χ2v) is 17.4. The van der Waals surface area contributed by atoms with Crippen LogP contribution in [0.5, 0.6) is 0 Å². The summed E-state index contributed by atoms with van der Waals surface area (Å²) in [5.41, 5.74) is 0. The van der Waals surface area contributed by atoms with E-state index in [4.69, 9.17) is 0 Å². The largest absolute Gasteiger partial charge is 0.545 e. The average Bonchev–Trinajstić information content (AvgIpc) is 3.26. The Morgan fingerprint density at radius 2 is 0.369 bits per heavy atom. The molecular formula is C56H100O8W-4. The molecular weight excluding hydrogens is 984 g/mol. The molecule has 0 unspecified atom stereocenters. The normalized spacial score (nSPS) is 10.9. The van der Waals surface area contributed by atoms with Crippen molar-refractivity contribution in [1.82, 2.24) is 0 Å². The molecule has 0 saturated carbocycles. The van der Waals surface area contributed by atoms with E-state index in [0.717, 1.165) is 75.7 Å². The summed E-state index contributed by atoms with van der Waals surface area (Å²) in [5.74, 6) is -4.35. The van der Waals surface area contributed by atoms with E-state index >= 15 is 0 Å². The van der Waals surface area contributed by atoms with Gasteiger partial charge in [0.2, 0.25) is 0 Å². The van der Waals surface area contributed by atoms with Crippen molar-refractivity contribution in [3.63, 3.8) is 0 Å². The molecule has 382 valence electrons. The van der Waals surface area contributed by atoms with E-state index in [-0.39, 0.29) is 21.1 Å². The van der Waals surface area contributed by atoms with Gasteiger partial charge in [0.25, 0.3) is 0 Å². The maximum atomic E-state index is 10.1. The Hall–Kier alpha value is -2.47. The molecule has 0 atom stereocenters. The SMILES string of the molecule is CCCCCCCCCCCC=CC(=O)[O-].CCCCCCCCCCCC=CC(=O)[O-].CCCCCCCCCCCC=CC(=O)[O-].CCCCCCCCCCCC=CC(=O)[O-].[W]. The maximum absolute atomic E-state index is 10.1. The molecule has 0 bridgehead atoms. The van der Waals surface area contributed by atoms with E-state index in [1.807, 2.05) is 0 Å². The van der Waals surface area contributed by atoms with Gasteiger partial charge in [0.05, 0.1) is 23.9 Å². The van der Waals surface area contributed by atoms with E-state index in [9.17, 15) is 39.6 Å². The number of unbranched alkanes of at least 4 members (excludes halogenated alkanes) is 36. The number of allylic oxidation sites excluding steroid dienone is 4. The number of carbonyl (C=O) groups is 4. The molecule has 0 aliphatic carbocycles. The molecule has 0 fully saturated rings. The predicted molar refractivity (Wildman–Crippen MR) is 264 cm³/mol. The van der Waals surface area contributed by atoms with Crippen LogP contribution in [0.3, 0.4) is 0 Å². The molecule has 0 aliphatic rings. The van der Waals surface area contributed by atoms with Gasteiger partial charge in [-0.1, -0.05) is 257 Å². The van der Waals surface area contributed by atoms with Crippen LogP contribution in [0.4, 0.5) is 0 Å². The summed E-state index contributed by atoms with van der Waals surface area (Å²) in [6.07, 6.45) is 61.6. The van der Waals surface area contributed by atoms with Gasteiger partial charge in [-0.3, -0.25) is 0 Å². The molecule has 65 heavy (non-hydrogen) atoms. The summed E-state index contributed by atoms with van der Waals surface area (Å²) in [7, 11) is 0. The molecule has 0 heterocycles. The topological polar surface area (TPSA) is 161 Å². The fraction of sp³-hybridized carbons (Fsp3) is 0.786. The fourth-order valence-corrected chi connectivity index (χ4v) is 7.01. The van der Waals surface area contributed by atoms with Gasteiger partial charge < -0.3 is 39.6 Å². The van der Waals surface area contributed by atoms with Crippen molar-refractivity contribution in [2.45, 2.75) is 285 Å². The van der Waals surface area contributed by atoms with Gasteiger partial charge in [0.15, 0.2) is 0 Å². The van der Waals surface area contributed by atoms with Crippen molar-refractivity contribution in [3.8, 4) is 0 Å². The van der Waals surface area contributed by atoms with E-state index in [0.29, 0.717) is 0 Å². The zero-order valence-corrected chi connectivity index (χ0v) is 45.5. The Labute approximate surface area is 415 Å². The number of hydrogen-bond donors (Lipinski definition) is 0. The molecule has 0 aromatic rings. The molecule has 0 N–H and O–H groups in total. The van der Waals surface area contributed by atoms with E-state index < -0.39 is 23.9 Å². The Bertz CT molecular complexity index is 916. The summed E-state index contributed by atoms with van der Waals surface area (Å²) >= 11 is 0. The van der Waals surface area contributed by atoms with E-state index in [1.54, 1.807) is 24.3 Å². The van der Waals surface area contributed by atoms with Gasteiger partial charge in [0, 0.05) is 21.1 Å². The molecule has 0 radical (unpaired) electrons. The molecule has 0 saturated heterocycles. The van der Waals surface area contributed by atoms with Gasteiger partial charge in [-0.2, -0.15) is 0 Å². The second kappa shape index (κ2) is 68.1. The first kappa shape index (κ1) is 71.5. The fourth-order valence-electron chi connectivity index (χ4n) is 7.01. The second-order valence-electron chi connectivity index (χ2n) is 17.4. The predicted octanol–water partition coefficient (Wildman–Crippen LogP) is 12.9. The van der Waals surface area contributed by atoms with Crippen LogP contribution >= 0.6 is 0 Å². The van der Waals surface area contributed by atoms with Crippen LogP contribution in [0.15, 0.2) is 48.6 Å². The quantitative estimate of drug-likeness (QED) is 0.0430. The first-order valence-electron chi connectivity index (χ1n) is 26.6. The van der Waals surface area contributed by atoms with Gasteiger partial charge in [-0.25, -0.2) is 0 Å². The summed E-state index contributed by atoms with van der Waals surface area (Å²) < 4.78 is 0. The van der Waals surface area contributed by atoms with Crippen molar-refractivity contribution in [2.24, 2.45) is 0 Å². The van der Waals surface area contributed by atoms with Crippen LogP contribution in [-0.4, -0.2) is 23.9 Å². The Balaban J connectivity index is -0.000000245. The third-order valence-electron chi connectivity index (χ3n) is 10.9.